The first-order chi connectivity index (χ1) is 10.7. The molecule has 1 saturated heterocycles. The number of alkyl halides is 3. The molecule has 3 unspecified atom stereocenters. The van der Waals surface area contributed by atoms with E-state index >= 15 is 0 Å². The van der Waals surface area contributed by atoms with E-state index in [4.69, 9.17) is 9.47 Å². The molecule has 0 aliphatic carbocycles. The van der Waals surface area contributed by atoms with Gasteiger partial charge in [-0.1, -0.05) is 6.07 Å². The van der Waals surface area contributed by atoms with Crippen LogP contribution in [-0.4, -0.2) is 54.6 Å². The second-order valence-electron chi connectivity index (χ2n) is 5.97. The number of rotatable bonds is 5. The lowest BCUT2D eigenvalue weighted by atomic mass is 10.2. The predicted molar refractivity (Wildman–Crippen MR) is 79.4 cm³/mol. The Balaban J connectivity index is 1.83. The molecule has 0 spiro atoms. The van der Waals surface area contributed by atoms with Crippen LogP contribution in [0.1, 0.15) is 19.4 Å². The fourth-order valence-electron chi connectivity index (χ4n) is 2.74. The highest BCUT2D eigenvalue weighted by Crippen LogP contribution is 2.31. The molecule has 0 radical (unpaired) electrons. The second kappa shape index (κ2) is 7.51. The molecule has 1 aromatic rings. The van der Waals surface area contributed by atoms with E-state index in [1.807, 2.05) is 13.8 Å². The summed E-state index contributed by atoms with van der Waals surface area (Å²) in [6.07, 6.45) is -4.99. The van der Waals surface area contributed by atoms with Gasteiger partial charge in [0.15, 0.2) is 0 Å². The summed E-state index contributed by atoms with van der Waals surface area (Å²) >= 11 is 0. The van der Waals surface area contributed by atoms with Gasteiger partial charge in [0.05, 0.1) is 17.8 Å². The van der Waals surface area contributed by atoms with Gasteiger partial charge in [-0.25, -0.2) is 0 Å². The molecule has 1 fully saturated rings. The molecule has 1 aliphatic rings. The molecule has 1 N–H and O–H groups in total. The third kappa shape index (κ3) is 5.67. The van der Waals surface area contributed by atoms with Crippen molar-refractivity contribution >= 4 is 0 Å². The summed E-state index contributed by atoms with van der Waals surface area (Å²) in [6, 6.07) is 4.65. The summed E-state index contributed by atoms with van der Waals surface area (Å²) in [6.45, 7) is 5.71. The van der Waals surface area contributed by atoms with Crippen LogP contribution in [0.2, 0.25) is 0 Å². The Labute approximate surface area is 133 Å². The molecule has 7 heteroatoms. The summed E-state index contributed by atoms with van der Waals surface area (Å²) in [4.78, 5) is 2.07. The van der Waals surface area contributed by atoms with E-state index in [0.717, 1.165) is 12.1 Å². The number of hydrogen-bond acceptors (Lipinski definition) is 4. The van der Waals surface area contributed by atoms with Crippen molar-refractivity contribution in [3.05, 3.63) is 29.8 Å². The number of aliphatic hydroxyl groups is 1. The third-order valence-electron chi connectivity index (χ3n) is 3.57. The first-order valence-corrected chi connectivity index (χ1v) is 7.60. The Kier molecular flexibility index (Phi) is 5.89. The van der Waals surface area contributed by atoms with Gasteiger partial charge in [0.1, 0.15) is 18.5 Å². The zero-order valence-electron chi connectivity index (χ0n) is 13.2. The normalized spacial score (nSPS) is 24.4. The molecule has 23 heavy (non-hydrogen) atoms. The molecule has 130 valence electrons. The molecule has 1 aromatic carbocycles. The molecule has 4 nitrogen and oxygen atoms in total. The summed E-state index contributed by atoms with van der Waals surface area (Å²) in [5.74, 6) is 0.0996. The minimum absolute atomic E-state index is 0.0541. The van der Waals surface area contributed by atoms with Crippen LogP contribution in [0.25, 0.3) is 0 Å². The van der Waals surface area contributed by atoms with Crippen molar-refractivity contribution in [1.29, 1.82) is 0 Å². The number of hydrogen-bond donors (Lipinski definition) is 1. The highest BCUT2D eigenvalue weighted by atomic mass is 19.4. The van der Waals surface area contributed by atoms with Crippen LogP contribution >= 0.6 is 0 Å². The van der Waals surface area contributed by atoms with Crippen molar-refractivity contribution < 1.29 is 27.8 Å². The largest absolute Gasteiger partial charge is 0.491 e. The summed E-state index contributed by atoms with van der Waals surface area (Å²) in [5.41, 5.74) is -0.764. The first-order valence-electron chi connectivity index (χ1n) is 7.60. The summed E-state index contributed by atoms with van der Waals surface area (Å²) in [7, 11) is 0. The van der Waals surface area contributed by atoms with Crippen molar-refractivity contribution in [2.75, 3.05) is 26.2 Å². The maximum absolute atomic E-state index is 12.6. The van der Waals surface area contributed by atoms with Gasteiger partial charge in [0, 0.05) is 19.6 Å². The lowest BCUT2D eigenvalue weighted by Gasteiger charge is -2.36. The van der Waals surface area contributed by atoms with E-state index in [1.54, 1.807) is 0 Å². The number of benzene rings is 1. The van der Waals surface area contributed by atoms with Crippen LogP contribution < -0.4 is 4.74 Å². The van der Waals surface area contributed by atoms with Crippen LogP contribution in [0.5, 0.6) is 5.75 Å². The van der Waals surface area contributed by atoms with E-state index in [1.165, 1.54) is 12.1 Å². The van der Waals surface area contributed by atoms with Crippen LogP contribution in [0.3, 0.4) is 0 Å². The molecular formula is C16H22F3NO3. The van der Waals surface area contributed by atoms with Gasteiger partial charge in [-0.15, -0.1) is 0 Å². The minimum atomic E-state index is -4.40. The molecule has 2 rings (SSSR count). The fraction of sp³-hybridized carbons (Fsp3) is 0.625. The van der Waals surface area contributed by atoms with Gasteiger partial charge in [0.2, 0.25) is 0 Å². The van der Waals surface area contributed by atoms with Crippen molar-refractivity contribution in [3.63, 3.8) is 0 Å². The van der Waals surface area contributed by atoms with E-state index in [9.17, 15) is 18.3 Å². The lowest BCUT2D eigenvalue weighted by molar-refractivity contribution is -0.137. The van der Waals surface area contributed by atoms with Crippen LogP contribution in [0.15, 0.2) is 24.3 Å². The van der Waals surface area contributed by atoms with Crippen molar-refractivity contribution in [2.24, 2.45) is 0 Å². The number of nitrogens with zero attached hydrogens (tertiary/aromatic N) is 1. The highest BCUT2D eigenvalue weighted by Gasteiger charge is 2.30. The molecule has 3 atom stereocenters. The van der Waals surface area contributed by atoms with Crippen molar-refractivity contribution in [2.45, 2.75) is 38.3 Å². The smallest absolute Gasteiger partial charge is 0.416 e. The van der Waals surface area contributed by atoms with Crippen LogP contribution in [0.4, 0.5) is 13.2 Å². The molecule has 0 aromatic heterocycles. The highest BCUT2D eigenvalue weighted by molar-refractivity contribution is 5.30. The Morgan fingerprint density at radius 1 is 1.30 bits per heavy atom. The van der Waals surface area contributed by atoms with E-state index in [0.29, 0.717) is 19.6 Å². The molecule has 0 amide bonds. The SMILES string of the molecule is CC1CN(CC(O)COc2cccc(C(F)(F)F)c2)CC(C)O1. The maximum atomic E-state index is 12.6. The summed E-state index contributed by atoms with van der Waals surface area (Å²) in [5, 5.41) is 10.0. The molecule has 0 bridgehead atoms. The number of β-amino-alcohol motifs (C(OH)–C–C–N with tert-alkyl or cyclic N) is 1. The average Bonchev–Trinajstić information content (AvgIpc) is 2.43. The first kappa shape index (κ1) is 18.0. The number of halogens is 3. The Morgan fingerprint density at radius 2 is 1.96 bits per heavy atom. The monoisotopic (exact) mass is 333 g/mol. The van der Waals surface area contributed by atoms with Gasteiger partial charge < -0.3 is 14.6 Å². The van der Waals surface area contributed by atoms with Gasteiger partial charge in [0.25, 0.3) is 0 Å². The third-order valence-corrected chi connectivity index (χ3v) is 3.57. The predicted octanol–water partition coefficient (Wildman–Crippen LogP) is 2.55. The average molecular weight is 333 g/mol. The number of morpholine rings is 1. The number of aliphatic hydroxyl groups excluding tert-OH is 1. The van der Waals surface area contributed by atoms with E-state index in [-0.39, 0.29) is 24.6 Å². The van der Waals surface area contributed by atoms with Gasteiger partial charge >= 0.3 is 6.18 Å². The van der Waals surface area contributed by atoms with E-state index in [2.05, 4.69) is 4.90 Å². The molecule has 1 aliphatic heterocycles. The standard InChI is InChI=1S/C16H22F3NO3/c1-11-7-20(8-12(2)23-11)9-14(21)10-22-15-5-3-4-13(6-15)16(17,18)19/h3-6,11-12,14,21H,7-10H2,1-2H3. The molecular weight excluding hydrogens is 311 g/mol. The van der Waals surface area contributed by atoms with E-state index < -0.39 is 17.8 Å². The Morgan fingerprint density at radius 3 is 2.57 bits per heavy atom. The second-order valence-corrected chi connectivity index (χ2v) is 5.97. The Hall–Kier alpha value is -1.31. The van der Waals surface area contributed by atoms with Crippen molar-refractivity contribution in [3.8, 4) is 5.75 Å². The quantitative estimate of drug-likeness (QED) is 0.899. The summed E-state index contributed by atoms with van der Waals surface area (Å²) < 4.78 is 48.8. The fourth-order valence-corrected chi connectivity index (χ4v) is 2.74. The van der Waals surface area contributed by atoms with Crippen molar-refractivity contribution in [1.82, 2.24) is 4.90 Å². The topological polar surface area (TPSA) is 41.9 Å². The number of ether oxygens (including phenoxy) is 2. The van der Waals surface area contributed by atoms with Crippen LogP contribution in [-0.2, 0) is 10.9 Å². The van der Waals surface area contributed by atoms with Gasteiger partial charge in [-0.2, -0.15) is 13.2 Å². The van der Waals surface area contributed by atoms with Gasteiger partial charge in [-0.05, 0) is 32.0 Å². The maximum Gasteiger partial charge on any atom is 0.416 e. The zero-order valence-corrected chi connectivity index (χ0v) is 13.2. The minimum Gasteiger partial charge on any atom is -0.491 e. The zero-order chi connectivity index (χ0) is 17.0. The van der Waals surface area contributed by atoms with Gasteiger partial charge in [-0.3, -0.25) is 4.90 Å². The molecule has 0 saturated carbocycles. The lowest BCUT2D eigenvalue weighted by Crippen LogP contribution is -2.48. The molecule has 1 heterocycles. The Bertz CT molecular complexity index is 500. The van der Waals surface area contributed by atoms with Crippen LogP contribution in [0, 0.1) is 0 Å².